The van der Waals surface area contributed by atoms with Gasteiger partial charge in [0.15, 0.2) is 11.5 Å². The molecule has 1 atom stereocenters. The number of anilines is 1. The highest BCUT2D eigenvalue weighted by atomic mass is 35.5. The quantitative estimate of drug-likeness (QED) is 0.0963. The van der Waals surface area contributed by atoms with E-state index in [1.54, 1.807) is 6.20 Å². The number of rotatable bonds is 7. The average molecular weight is 645 g/mol. The zero-order chi connectivity index (χ0) is 32.2. The summed E-state index contributed by atoms with van der Waals surface area (Å²) < 4.78 is 2.09. The number of fused-ring (bicyclic) bond motifs is 1. The molecule has 0 aliphatic carbocycles. The molecule has 0 bridgehead atoms. The summed E-state index contributed by atoms with van der Waals surface area (Å²) in [5.74, 6) is 1.79. The van der Waals surface area contributed by atoms with Crippen molar-refractivity contribution in [3.8, 4) is 28.3 Å². The summed E-state index contributed by atoms with van der Waals surface area (Å²) in [7, 11) is 0. The first-order valence-electron chi connectivity index (χ1n) is 15.9. The smallest absolute Gasteiger partial charge is 0.223 e. The highest BCUT2D eigenvalue weighted by Crippen LogP contribution is 2.40. The lowest BCUT2D eigenvalue weighted by molar-refractivity contribution is 0.138. The van der Waals surface area contributed by atoms with Crippen LogP contribution in [0.5, 0.6) is 0 Å². The number of guanidine groups is 1. The zero-order valence-electron chi connectivity index (χ0n) is 26.2. The molecule has 2 aromatic carbocycles. The predicted molar refractivity (Wildman–Crippen MR) is 191 cm³/mol. The number of aromatic nitrogens is 4. The topological polar surface area (TPSA) is 113 Å². The Hall–Kier alpha value is -4.93. The van der Waals surface area contributed by atoms with Gasteiger partial charge < -0.3 is 10.6 Å². The second kappa shape index (κ2) is 13.4. The highest BCUT2D eigenvalue weighted by molar-refractivity contribution is 6.18. The van der Waals surface area contributed by atoms with Crippen molar-refractivity contribution >= 4 is 47.6 Å². The lowest BCUT2D eigenvalue weighted by atomic mass is 9.79. The van der Waals surface area contributed by atoms with Crippen LogP contribution in [-0.2, 0) is 6.54 Å². The Labute approximate surface area is 279 Å². The van der Waals surface area contributed by atoms with E-state index in [0.717, 1.165) is 79.2 Å². The Morgan fingerprint density at radius 1 is 0.957 bits per heavy atom. The van der Waals surface area contributed by atoms with E-state index in [9.17, 15) is 0 Å². The van der Waals surface area contributed by atoms with Gasteiger partial charge in [0, 0.05) is 49.0 Å². The van der Waals surface area contributed by atoms with Gasteiger partial charge >= 0.3 is 0 Å². The van der Waals surface area contributed by atoms with Crippen LogP contribution in [0.2, 0.25) is 0 Å². The molecule has 2 saturated heterocycles. The maximum absolute atomic E-state index is 6.36. The number of halogens is 1. The van der Waals surface area contributed by atoms with E-state index in [0.29, 0.717) is 17.6 Å². The van der Waals surface area contributed by atoms with Crippen molar-refractivity contribution in [2.45, 2.75) is 25.8 Å². The molecule has 0 radical (unpaired) electrons. The Balaban J connectivity index is 1.15. The number of likely N-dealkylation sites (tertiary alicyclic amines) is 2. The number of nitrogens with two attached hydrogens (primary N) is 1. The number of benzene rings is 2. The van der Waals surface area contributed by atoms with E-state index in [4.69, 9.17) is 27.3 Å². The molecule has 11 heteroatoms. The molecule has 47 heavy (non-hydrogen) atoms. The number of imidazole rings is 1. The lowest BCUT2D eigenvalue weighted by Gasteiger charge is -2.41. The van der Waals surface area contributed by atoms with Crippen molar-refractivity contribution in [1.29, 1.82) is 0 Å². The Kier molecular flexibility index (Phi) is 8.78. The molecule has 2 aliphatic rings. The number of nitrogens with zero attached hydrogens (tertiary/aromatic N) is 9. The number of hydrogen-bond acceptors (Lipinski definition) is 6. The highest BCUT2D eigenvalue weighted by Gasteiger charge is 2.42. The van der Waals surface area contributed by atoms with Gasteiger partial charge in [0.25, 0.3) is 0 Å². The van der Waals surface area contributed by atoms with Crippen LogP contribution in [-0.4, -0.2) is 80.5 Å². The number of alkyl halides is 1. The van der Waals surface area contributed by atoms with Gasteiger partial charge in [-0.15, -0.1) is 11.6 Å². The standard InChI is InChI=1S/C36H37ClN10/c1-39-25-42-35(41-24-37)46-19-6-16-36(23-46)17-20-45(22-36)21-26-10-12-28(13-11-26)47-33(29-9-5-18-40-32(29)38)44-31-15-14-30(43-34(31)47)27-7-3-2-4-8-27/h2-5,7-15,18,25H,1,6,16-17,19-24H2,(H2,38,40)/b41-35+,42-25-. The molecule has 0 amide bonds. The SMILES string of the molecule is C=N/C=N\C(=N/CCl)N1CCCC2(CCN(Cc3ccc(-n4c(-c5cccnc5N)nc5ccc(-c6ccccc6)nc54)cc3)C2)C1. The molecule has 238 valence electrons. The van der Waals surface area contributed by atoms with E-state index in [1.807, 2.05) is 42.5 Å². The second-order valence-electron chi connectivity index (χ2n) is 12.3. The van der Waals surface area contributed by atoms with Gasteiger partial charge in [0.1, 0.15) is 23.7 Å². The van der Waals surface area contributed by atoms with Crippen LogP contribution in [0, 0.1) is 5.41 Å². The molecule has 2 N–H and O–H groups in total. The molecule has 10 nitrogen and oxygen atoms in total. The van der Waals surface area contributed by atoms with Gasteiger partial charge in [0.05, 0.1) is 11.3 Å². The molecule has 5 aromatic rings. The Morgan fingerprint density at radius 2 is 1.81 bits per heavy atom. The molecule has 3 aromatic heterocycles. The molecule has 7 rings (SSSR count). The first-order valence-corrected chi connectivity index (χ1v) is 16.4. The Bertz CT molecular complexity index is 1940. The van der Waals surface area contributed by atoms with Gasteiger partial charge in [0.2, 0.25) is 5.96 Å². The molecule has 2 fully saturated rings. The molecule has 0 saturated carbocycles. The fourth-order valence-electron chi connectivity index (χ4n) is 7.01. The summed E-state index contributed by atoms with van der Waals surface area (Å²) in [4.78, 5) is 31.8. The largest absolute Gasteiger partial charge is 0.383 e. The lowest BCUT2D eigenvalue weighted by Crippen LogP contribution is -2.47. The normalized spacial score (nSPS) is 18.9. The minimum atomic E-state index is 0.172. The summed E-state index contributed by atoms with van der Waals surface area (Å²) in [5, 5.41) is 0. The average Bonchev–Trinajstić information content (AvgIpc) is 3.67. The van der Waals surface area contributed by atoms with Gasteiger partial charge in [-0.2, -0.15) is 0 Å². The second-order valence-corrected chi connectivity index (χ2v) is 12.5. The van der Waals surface area contributed by atoms with E-state index in [-0.39, 0.29) is 11.4 Å². The van der Waals surface area contributed by atoms with Crippen LogP contribution in [0.4, 0.5) is 5.82 Å². The van der Waals surface area contributed by atoms with Crippen LogP contribution in [0.3, 0.4) is 0 Å². The van der Waals surface area contributed by atoms with Gasteiger partial charge in [-0.3, -0.25) is 14.5 Å². The molecule has 5 heterocycles. The van der Waals surface area contributed by atoms with Crippen LogP contribution in [0.1, 0.15) is 24.8 Å². The molecular weight excluding hydrogens is 608 g/mol. The third-order valence-electron chi connectivity index (χ3n) is 9.17. The van der Waals surface area contributed by atoms with Crippen molar-refractivity contribution in [3.05, 3.63) is 90.6 Å². The van der Waals surface area contributed by atoms with Gasteiger partial charge in [-0.1, -0.05) is 42.5 Å². The fraction of sp³-hybridized carbons (Fsp3) is 0.278. The van der Waals surface area contributed by atoms with E-state index in [2.05, 4.69) is 77.4 Å². The summed E-state index contributed by atoms with van der Waals surface area (Å²) in [6.45, 7) is 8.31. The van der Waals surface area contributed by atoms with E-state index < -0.39 is 0 Å². The van der Waals surface area contributed by atoms with E-state index >= 15 is 0 Å². The number of nitrogen functional groups attached to an aromatic ring is 1. The molecule has 1 spiro atoms. The number of piperidine rings is 1. The first kappa shape index (κ1) is 30.7. The maximum Gasteiger partial charge on any atom is 0.223 e. The summed E-state index contributed by atoms with van der Waals surface area (Å²) in [5.41, 5.74) is 13.1. The minimum Gasteiger partial charge on any atom is -0.383 e. The van der Waals surface area contributed by atoms with Gasteiger partial charge in [-0.05, 0) is 74.5 Å². The molecule has 2 aliphatic heterocycles. The van der Waals surface area contributed by atoms with Crippen LogP contribution >= 0.6 is 11.6 Å². The monoisotopic (exact) mass is 644 g/mol. The zero-order valence-corrected chi connectivity index (χ0v) is 27.0. The van der Waals surface area contributed by atoms with Crippen LogP contribution in [0.25, 0.3) is 39.5 Å². The number of aliphatic imine (C=N–C) groups is 3. The summed E-state index contributed by atoms with van der Waals surface area (Å²) >= 11 is 5.95. The Morgan fingerprint density at radius 3 is 2.60 bits per heavy atom. The van der Waals surface area contributed by atoms with Crippen LogP contribution < -0.4 is 5.73 Å². The summed E-state index contributed by atoms with van der Waals surface area (Å²) in [6.07, 6.45) is 6.58. The third kappa shape index (κ3) is 6.39. The minimum absolute atomic E-state index is 0.172. The van der Waals surface area contributed by atoms with Crippen LogP contribution in [0.15, 0.2) is 100 Å². The third-order valence-corrected chi connectivity index (χ3v) is 9.29. The van der Waals surface area contributed by atoms with Gasteiger partial charge in [-0.25, -0.2) is 24.9 Å². The van der Waals surface area contributed by atoms with Crippen molar-refractivity contribution in [2.24, 2.45) is 20.4 Å². The maximum atomic E-state index is 6.36. The predicted octanol–water partition coefficient (Wildman–Crippen LogP) is 6.30. The molecule has 1 unspecified atom stereocenters. The number of hydrogen-bond donors (Lipinski definition) is 1. The van der Waals surface area contributed by atoms with Crippen molar-refractivity contribution in [3.63, 3.8) is 0 Å². The molecular formula is C36H37ClN10. The summed E-state index contributed by atoms with van der Waals surface area (Å²) in [6, 6.07) is 27.0. The first-order chi connectivity index (χ1) is 23.1. The van der Waals surface area contributed by atoms with Crippen molar-refractivity contribution in [2.75, 3.05) is 37.9 Å². The fourth-order valence-corrected chi connectivity index (χ4v) is 7.12. The van der Waals surface area contributed by atoms with Crippen molar-refractivity contribution < 1.29 is 0 Å². The number of pyridine rings is 2. The van der Waals surface area contributed by atoms with E-state index in [1.165, 1.54) is 18.3 Å². The van der Waals surface area contributed by atoms with Crippen molar-refractivity contribution in [1.82, 2.24) is 29.3 Å².